The highest BCUT2D eigenvalue weighted by molar-refractivity contribution is 5.82. The molecule has 0 aliphatic heterocycles. The van der Waals surface area contributed by atoms with Crippen LogP contribution in [-0.2, 0) is 9.59 Å². The smallest absolute Gasteiger partial charge is 0.307 e. The van der Waals surface area contributed by atoms with Crippen molar-refractivity contribution >= 4 is 11.9 Å². The topological polar surface area (TPSA) is 66.4 Å². The van der Waals surface area contributed by atoms with Crippen LogP contribution in [0.15, 0.2) is 11.6 Å². The largest absolute Gasteiger partial charge is 0.481 e. The summed E-state index contributed by atoms with van der Waals surface area (Å²) in [5.74, 6) is -1.89. The Bertz CT molecular complexity index is 297. The van der Waals surface area contributed by atoms with E-state index in [1.165, 1.54) is 0 Å². The number of aliphatic carboxylic acids is 1. The SMILES string of the molecule is CCNC(=O)CC(C(=O)O)C(C)C=C(C)CC. The minimum Gasteiger partial charge on any atom is -0.481 e. The Hall–Kier alpha value is -1.32. The van der Waals surface area contributed by atoms with Gasteiger partial charge in [0, 0.05) is 13.0 Å². The highest BCUT2D eigenvalue weighted by Crippen LogP contribution is 2.20. The number of carbonyl (C=O) groups excluding carboxylic acids is 1. The first-order valence-corrected chi connectivity index (χ1v) is 6.09. The molecule has 0 heterocycles. The van der Waals surface area contributed by atoms with Crippen LogP contribution in [0, 0.1) is 11.8 Å². The maximum atomic E-state index is 11.4. The van der Waals surface area contributed by atoms with Gasteiger partial charge in [-0.05, 0) is 26.2 Å². The summed E-state index contributed by atoms with van der Waals surface area (Å²) >= 11 is 0. The molecule has 0 rings (SSSR count). The van der Waals surface area contributed by atoms with Gasteiger partial charge in [-0.2, -0.15) is 0 Å². The highest BCUT2D eigenvalue weighted by Gasteiger charge is 2.25. The fourth-order valence-electron chi connectivity index (χ4n) is 1.65. The van der Waals surface area contributed by atoms with E-state index in [1.807, 2.05) is 33.8 Å². The van der Waals surface area contributed by atoms with E-state index in [1.54, 1.807) is 0 Å². The Morgan fingerprint density at radius 1 is 1.35 bits per heavy atom. The van der Waals surface area contributed by atoms with Gasteiger partial charge >= 0.3 is 5.97 Å². The van der Waals surface area contributed by atoms with E-state index in [2.05, 4.69) is 5.32 Å². The summed E-state index contributed by atoms with van der Waals surface area (Å²) in [4.78, 5) is 22.6. The first kappa shape index (κ1) is 15.7. The number of amides is 1. The highest BCUT2D eigenvalue weighted by atomic mass is 16.4. The summed E-state index contributed by atoms with van der Waals surface area (Å²) in [6.45, 7) is 8.19. The predicted octanol–water partition coefficient (Wildman–Crippen LogP) is 2.21. The third-order valence-electron chi connectivity index (χ3n) is 2.84. The van der Waals surface area contributed by atoms with Crippen molar-refractivity contribution in [2.75, 3.05) is 6.54 Å². The zero-order chi connectivity index (χ0) is 13.4. The number of carboxylic acids is 1. The monoisotopic (exact) mass is 241 g/mol. The van der Waals surface area contributed by atoms with Crippen LogP contribution in [0.5, 0.6) is 0 Å². The quantitative estimate of drug-likeness (QED) is 0.671. The van der Waals surface area contributed by atoms with Crippen molar-refractivity contribution in [1.82, 2.24) is 5.32 Å². The van der Waals surface area contributed by atoms with Crippen molar-refractivity contribution < 1.29 is 14.7 Å². The van der Waals surface area contributed by atoms with Crippen molar-refractivity contribution in [3.8, 4) is 0 Å². The molecule has 0 bridgehead atoms. The Morgan fingerprint density at radius 3 is 2.35 bits per heavy atom. The predicted molar refractivity (Wildman–Crippen MR) is 67.6 cm³/mol. The Labute approximate surface area is 103 Å². The maximum absolute atomic E-state index is 11.4. The van der Waals surface area contributed by atoms with E-state index in [0.717, 1.165) is 12.0 Å². The van der Waals surface area contributed by atoms with E-state index in [4.69, 9.17) is 5.11 Å². The molecule has 0 saturated heterocycles. The maximum Gasteiger partial charge on any atom is 0.307 e. The third kappa shape index (κ3) is 6.09. The molecule has 4 heteroatoms. The molecule has 0 radical (unpaired) electrons. The zero-order valence-corrected chi connectivity index (χ0v) is 11.1. The van der Waals surface area contributed by atoms with Crippen LogP contribution < -0.4 is 5.32 Å². The molecule has 2 atom stereocenters. The second kappa shape index (κ2) is 7.87. The van der Waals surface area contributed by atoms with E-state index in [-0.39, 0.29) is 18.2 Å². The van der Waals surface area contributed by atoms with E-state index >= 15 is 0 Å². The molecule has 17 heavy (non-hydrogen) atoms. The second-order valence-electron chi connectivity index (χ2n) is 4.33. The van der Waals surface area contributed by atoms with Gasteiger partial charge in [0.25, 0.3) is 0 Å². The molecule has 0 aromatic heterocycles. The zero-order valence-electron chi connectivity index (χ0n) is 11.1. The van der Waals surface area contributed by atoms with Crippen LogP contribution in [0.2, 0.25) is 0 Å². The molecule has 0 aliphatic carbocycles. The molecular formula is C13H23NO3. The molecule has 0 saturated carbocycles. The number of nitrogens with one attached hydrogen (secondary N) is 1. The summed E-state index contributed by atoms with van der Waals surface area (Å²) in [5.41, 5.74) is 1.15. The molecule has 4 nitrogen and oxygen atoms in total. The van der Waals surface area contributed by atoms with Gasteiger partial charge in [0.15, 0.2) is 0 Å². The van der Waals surface area contributed by atoms with Gasteiger partial charge < -0.3 is 10.4 Å². The molecular weight excluding hydrogens is 218 g/mol. The van der Waals surface area contributed by atoms with Crippen molar-refractivity contribution in [2.24, 2.45) is 11.8 Å². The molecule has 0 fully saturated rings. The summed E-state index contributed by atoms with van der Waals surface area (Å²) in [7, 11) is 0. The average molecular weight is 241 g/mol. The lowest BCUT2D eigenvalue weighted by molar-refractivity contribution is -0.145. The van der Waals surface area contributed by atoms with Gasteiger partial charge in [0.1, 0.15) is 0 Å². The van der Waals surface area contributed by atoms with Crippen molar-refractivity contribution in [2.45, 2.75) is 40.5 Å². The molecule has 0 aromatic rings. The summed E-state index contributed by atoms with van der Waals surface area (Å²) in [6, 6.07) is 0. The van der Waals surface area contributed by atoms with Crippen molar-refractivity contribution in [1.29, 1.82) is 0 Å². The Morgan fingerprint density at radius 2 is 1.94 bits per heavy atom. The number of carbonyl (C=O) groups is 2. The standard InChI is InChI=1S/C13H23NO3/c1-5-9(3)7-10(4)11(13(16)17)8-12(15)14-6-2/h7,10-11H,5-6,8H2,1-4H3,(H,14,15)(H,16,17). The minimum absolute atomic E-state index is 0.0395. The van der Waals surface area contributed by atoms with Crippen molar-refractivity contribution in [3.05, 3.63) is 11.6 Å². The molecule has 98 valence electrons. The lowest BCUT2D eigenvalue weighted by Crippen LogP contribution is -2.30. The summed E-state index contributed by atoms with van der Waals surface area (Å²) in [6.07, 6.45) is 2.88. The second-order valence-corrected chi connectivity index (χ2v) is 4.33. The molecule has 0 aromatic carbocycles. The van der Waals surface area contributed by atoms with Crippen LogP contribution in [0.4, 0.5) is 0 Å². The van der Waals surface area contributed by atoms with Crippen molar-refractivity contribution in [3.63, 3.8) is 0 Å². The summed E-state index contributed by atoms with van der Waals surface area (Å²) < 4.78 is 0. The van der Waals surface area contributed by atoms with Gasteiger partial charge in [0.05, 0.1) is 5.92 Å². The lowest BCUT2D eigenvalue weighted by atomic mass is 9.89. The lowest BCUT2D eigenvalue weighted by Gasteiger charge is -2.17. The summed E-state index contributed by atoms with van der Waals surface area (Å²) in [5, 5.41) is 11.8. The van der Waals surface area contributed by atoms with E-state index in [0.29, 0.717) is 6.54 Å². The molecule has 0 aliphatic rings. The normalized spacial score (nSPS) is 15.2. The molecule has 1 amide bonds. The van der Waals surface area contributed by atoms with Crippen LogP contribution in [0.1, 0.15) is 40.5 Å². The fraction of sp³-hybridized carbons (Fsp3) is 0.692. The number of carboxylic acid groups (broad SMARTS) is 1. The first-order valence-electron chi connectivity index (χ1n) is 6.09. The van der Waals surface area contributed by atoms with Crippen LogP contribution in [0.25, 0.3) is 0 Å². The van der Waals surface area contributed by atoms with Crippen LogP contribution >= 0.6 is 0 Å². The molecule has 0 spiro atoms. The van der Waals surface area contributed by atoms with E-state index in [9.17, 15) is 9.59 Å². The van der Waals surface area contributed by atoms with E-state index < -0.39 is 11.9 Å². The average Bonchev–Trinajstić information content (AvgIpc) is 2.25. The van der Waals surface area contributed by atoms with Gasteiger partial charge in [-0.15, -0.1) is 0 Å². The third-order valence-corrected chi connectivity index (χ3v) is 2.84. The van der Waals surface area contributed by atoms with Gasteiger partial charge in [-0.25, -0.2) is 0 Å². The van der Waals surface area contributed by atoms with Gasteiger partial charge in [-0.1, -0.05) is 25.5 Å². The first-order chi connectivity index (χ1) is 7.92. The number of allylic oxidation sites excluding steroid dienone is 2. The number of hydrogen-bond acceptors (Lipinski definition) is 2. The molecule has 2 unspecified atom stereocenters. The molecule has 2 N–H and O–H groups in total. The van der Waals surface area contributed by atoms with Gasteiger partial charge in [0.2, 0.25) is 5.91 Å². The number of hydrogen-bond donors (Lipinski definition) is 2. The Kier molecular flexibility index (Phi) is 7.26. The number of rotatable bonds is 7. The van der Waals surface area contributed by atoms with Gasteiger partial charge in [-0.3, -0.25) is 9.59 Å². The van der Waals surface area contributed by atoms with Crippen LogP contribution in [0.3, 0.4) is 0 Å². The minimum atomic E-state index is -0.913. The van der Waals surface area contributed by atoms with Crippen LogP contribution in [-0.4, -0.2) is 23.5 Å². The fourth-order valence-corrected chi connectivity index (χ4v) is 1.65. The Balaban J connectivity index is 4.63.